The van der Waals surface area contributed by atoms with Crippen molar-refractivity contribution in [3.05, 3.63) is 34.8 Å². The van der Waals surface area contributed by atoms with Gasteiger partial charge in [0.1, 0.15) is 11.4 Å². The van der Waals surface area contributed by atoms with Crippen molar-refractivity contribution in [2.75, 3.05) is 18.5 Å². The molecule has 1 aliphatic heterocycles. The maximum Gasteiger partial charge on any atom is 0.275 e. The SMILES string of the molecule is Cc1cn(C)nc1NC(=O)c1nc(C2COC2)c(O)cc1C. The van der Waals surface area contributed by atoms with E-state index < -0.39 is 0 Å². The molecule has 7 heteroatoms. The third kappa shape index (κ3) is 2.55. The fraction of sp³-hybridized carbons (Fsp3) is 0.400. The number of hydrogen-bond acceptors (Lipinski definition) is 5. The van der Waals surface area contributed by atoms with Crippen molar-refractivity contribution in [2.24, 2.45) is 7.05 Å². The van der Waals surface area contributed by atoms with Crippen molar-refractivity contribution in [2.45, 2.75) is 19.8 Å². The first-order valence-corrected chi connectivity index (χ1v) is 7.05. The molecule has 22 heavy (non-hydrogen) atoms. The van der Waals surface area contributed by atoms with Crippen LogP contribution in [0.2, 0.25) is 0 Å². The minimum absolute atomic E-state index is 0.0451. The van der Waals surface area contributed by atoms with Gasteiger partial charge in [-0.25, -0.2) is 4.98 Å². The van der Waals surface area contributed by atoms with Crippen LogP contribution in [0.5, 0.6) is 5.75 Å². The number of nitrogens with one attached hydrogen (secondary N) is 1. The van der Waals surface area contributed by atoms with Gasteiger partial charge in [-0.2, -0.15) is 5.10 Å². The predicted molar refractivity (Wildman–Crippen MR) is 80.1 cm³/mol. The predicted octanol–water partition coefficient (Wildman–Crippen LogP) is 1.50. The molecule has 2 aromatic rings. The van der Waals surface area contributed by atoms with E-state index in [2.05, 4.69) is 15.4 Å². The molecule has 0 bridgehead atoms. The standard InChI is InChI=1S/C15H18N4O3/c1-8-4-11(20)13(10-6-22-7-10)16-12(8)15(21)17-14-9(2)5-19(3)18-14/h4-5,10,20H,6-7H2,1-3H3,(H,17,18,21). The molecule has 2 N–H and O–H groups in total. The van der Waals surface area contributed by atoms with Crippen LogP contribution in [-0.2, 0) is 11.8 Å². The third-order valence-electron chi connectivity index (χ3n) is 3.70. The van der Waals surface area contributed by atoms with Gasteiger partial charge in [-0.1, -0.05) is 0 Å². The van der Waals surface area contributed by atoms with Crippen molar-refractivity contribution < 1.29 is 14.6 Å². The van der Waals surface area contributed by atoms with Crippen molar-refractivity contribution in [3.63, 3.8) is 0 Å². The lowest BCUT2D eigenvalue weighted by molar-refractivity contribution is 0.00567. The Morgan fingerprint density at radius 2 is 2.14 bits per heavy atom. The van der Waals surface area contributed by atoms with Gasteiger partial charge in [-0.05, 0) is 25.5 Å². The lowest BCUT2D eigenvalue weighted by Gasteiger charge is -2.26. The Balaban J connectivity index is 1.89. The Morgan fingerprint density at radius 3 is 2.68 bits per heavy atom. The lowest BCUT2D eigenvalue weighted by atomic mass is 10.0. The van der Waals surface area contributed by atoms with Crippen LogP contribution in [0.3, 0.4) is 0 Å². The number of nitrogens with zero attached hydrogens (tertiary/aromatic N) is 3. The van der Waals surface area contributed by atoms with Gasteiger partial charge in [0.2, 0.25) is 0 Å². The maximum atomic E-state index is 12.5. The largest absolute Gasteiger partial charge is 0.506 e. The van der Waals surface area contributed by atoms with Crippen LogP contribution in [-0.4, -0.2) is 39.0 Å². The Morgan fingerprint density at radius 1 is 1.41 bits per heavy atom. The van der Waals surface area contributed by atoms with Crippen LogP contribution in [0.15, 0.2) is 12.3 Å². The fourth-order valence-electron chi connectivity index (χ4n) is 2.43. The van der Waals surface area contributed by atoms with Gasteiger partial charge < -0.3 is 15.2 Å². The maximum absolute atomic E-state index is 12.5. The van der Waals surface area contributed by atoms with Gasteiger partial charge in [-0.15, -0.1) is 0 Å². The highest BCUT2D eigenvalue weighted by atomic mass is 16.5. The summed E-state index contributed by atoms with van der Waals surface area (Å²) in [6.45, 7) is 4.65. The summed E-state index contributed by atoms with van der Waals surface area (Å²) < 4.78 is 6.76. The van der Waals surface area contributed by atoms with E-state index in [1.165, 1.54) is 0 Å². The summed E-state index contributed by atoms with van der Waals surface area (Å²) in [5.74, 6) is 0.330. The van der Waals surface area contributed by atoms with Crippen LogP contribution in [0.4, 0.5) is 5.82 Å². The smallest absolute Gasteiger partial charge is 0.275 e. The first kappa shape index (κ1) is 14.5. The fourth-order valence-corrected chi connectivity index (χ4v) is 2.43. The monoisotopic (exact) mass is 302 g/mol. The van der Waals surface area contributed by atoms with Crippen molar-refractivity contribution in [1.29, 1.82) is 0 Å². The van der Waals surface area contributed by atoms with E-state index in [4.69, 9.17) is 4.74 Å². The van der Waals surface area contributed by atoms with E-state index in [0.29, 0.717) is 36.0 Å². The highest BCUT2D eigenvalue weighted by Crippen LogP contribution is 2.31. The molecule has 2 aromatic heterocycles. The number of hydrogen-bond donors (Lipinski definition) is 2. The highest BCUT2D eigenvalue weighted by molar-refractivity contribution is 6.03. The second kappa shape index (κ2) is 5.42. The van der Waals surface area contributed by atoms with Crippen LogP contribution in [0.25, 0.3) is 0 Å². The summed E-state index contributed by atoms with van der Waals surface area (Å²) in [6.07, 6.45) is 1.82. The molecule has 0 saturated carbocycles. The van der Waals surface area contributed by atoms with E-state index >= 15 is 0 Å². The van der Waals surface area contributed by atoms with E-state index in [-0.39, 0.29) is 17.6 Å². The van der Waals surface area contributed by atoms with Crippen molar-refractivity contribution in [1.82, 2.24) is 14.8 Å². The number of amides is 1. The topological polar surface area (TPSA) is 89.3 Å². The lowest BCUT2D eigenvalue weighted by Crippen LogP contribution is -2.27. The number of carbonyl (C=O) groups is 1. The second-order valence-electron chi connectivity index (χ2n) is 5.58. The molecule has 1 amide bonds. The summed E-state index contributed by atoms with van der Waals surface area (Å²) in [5.41, 5.74) is 2.30. The van der Waals surface area contributed by atoms with Crippen molar-refractivity contribution in [3.8, 4) is 5.75 Å². The number of aryl methyl sites for hydroxylation is 3. The highest BCUT2D eigenvalue weighted by Gasteiger charge is 2.27. The van der Waals surface area contributed by atoms with Gasteiger partial charge >= 0.3 is 0 Å². The third-order valence-corrected chi connectivity index (χ3v) is 3.70. The molecule has 3 rings (SSSR count). The molecule has 1 aliphatic rings. The summed E-state index contributed by atoms with van der Waals surface area (Å²) >= 11 is 0. The molecule has 0 aromatic carbocycles. The van der Waals surface area contributed by atoms with Gasteiger partial charge in [0, 0.05) is 18.8 Å². The molecule has 0 spiro atoms. The zero-order valence-corrected chi connectivity index (χ0v) is 12.8. The molecule has 1 saturated heterocycles. The number of anilines is 1. The molecule has 0 atom stereocenters. The minimum Gasteiger partial charge on any atom is -0.506 e. The number of aromatic hydroxyl groups is 1. The Labute approximate surface area is 127 Å². The van der Waals surface area contributed by atoms with Crippen LogP contribution >= 0.6 is 0 Å². The van der Waals surface area contributed by atoms with Crippen LogP contribution in [0.1, 0.15) is 33.2 Å². The van der Waals surface area contributed by atoms with Crippen LogP contribution in [0, 0.1) is 13.8 Å². The Bertz CT molecular complexity index is 735. The van der Waals surface area contributed by atoms with Gasteiger partial charge in [0.05, 0.1) is 24.8 Å². The number of rotatable bonds is 3. The zero-order chi connectivity index (χ0) is 15.9. The first-order chi connectivity index (χ1) is 10.5. The van der Waals surface area contributed by atoms with Crippen LogP contribution < -0.4 is 5.32 Å². The summed E-state index contributed by atoms with van der Waals surface area (Å²) in [7, 11) is 1.79. The van der Waals surface area contributed by atoms with E-state index in [1.807, 2.05) is 13.1 Å². The van der Waals surface area contributed by atoms with Gasteiger partial charge in [0.25, 0.3) is 5.91 Å². The normalized spacial score (nSPS) is 14.7. The number of carbonyl (C=O) groups excluding carboxylic acids is 1. The molecule has 1 fully saturated rings. The molecule has 116 valence electrons. The first-order valence-electron chi connectivity index (χ1n) is 7.05. The summed E-state index contributed by atoms with van der Waals surface area (Å²) in [5, 5.41) is 17.0. The average molecular weight is 302 g/mol. The van der Waals surface area contributed by atoms with Gasteiger partial charge in [0.15, 0.2) is 5.82 Å². The molecular formula is C15H18N4O3. The number of aromatic nitrogens is 3. The molecule has 0 aliphatic carbocycles. The summed E-state index contributed by atoms with van der Waals surface area (Å²) in [4.78, 5) is 16.8. The average Bonchev–Trinajstić information content (AvgIpc) is 2.68. The molecule has 3 heterocycles. The van der Waals surface area contributed by atoms with Gasteiger partial charge in [-0.3, -0.25) is 9.48 Å². The molecular weight excluding hydrogens is 284 g/mol. The quantitative estimate of drug-likeness (QED) is 0.897. The minimum atomic E-state index is -0.333. The zero-order valence-electron chi connectivity index (χ0n) is 12.8. The Kier molecular flexibility index (Phi) is 3.58. The van der Waals surface area contributed by atoms with Crippen molar-refractivity contribution >= 4 is 11.7 Å². The van der Waals surface area contributed by atoms with E-state index in [0.717, 1.165) is 5.56 Å². The van der Waals surface area contributed by atoms with E-state index in [9.17, 15) is 9.90 Å². The van der Waals surface area contributed by atoms with E-state index in [1.54, 1.807) is 24.7 Å². The summed E-state index contributed by atoms with van der Waals surface area (Å²) in [6, 6.07) is 1.57. The molecule has 0 unspecified atom stereocenters. The number of pyridine rings is 1. The molecule has 0 radical (unpaired) electrons. The second-order valence-corrected chi connectivity index (χ2v) is 5.58. The Hall–Kier alpha value is -2.41. The molecule has 7 nitrogen and oxygen atoms in total. The number of ether oxygens (including phenoxy) is 1.